The number of anilines is 1. The van der Waals surface area contributed by atoms with Crippen molar-refractivity contribution in [2.75, 3.05) is 12.3 Å². The standard InChI is InChI=1S/C10H13N5O3/c11-10-13-5-2-15(4-12-9(5)14-10)8-1-6(17)7(3-16)18-8/h2,4,6-8,16-17H,1,3H2,(H2,11,13)/p+1/t6-,7+,8?/m0/s1. The van der Waals surface area contributed by atoms with Crippen LogP contribution in [0.25, 0.3) is 11.2 Å². The van der Waals surface area contributed by atoms with Crippen molar-refractivity contribution < 1.29 is 19.5 Å². The van der Waals surface area contributed by atoms with Gasteiger partial charge >= 0.3 is 0 Å². The van der Waals surface area contributed by atoms with Gasteiger partial charge in [0.2, 0.25) is 12.2 Å². The average Bonchev–Trinajstić information content (AvgIpc) is 2.89. The number of hydrogen-bond donors (Lipinski definition) is 4. The molecule has 18 heavy (non-hydrogen) atoms. The van der Waals surface area contributed by atoms with E-state index in [-0.39, 0.29) is 12.8 Å². The maximum Gasteiger partial charge on any atom is 0.296 e. The number of nitrogens with one attached hydrogen (secondary N) is 1. The van der Waals surface area contributed by atoms with Crippen LogP contribution in [0.1, 0.15) is 12.6 Å². The molecule has 0 aliphatic carbocycles. The second kappa shape index (κ2) is 4.16. The zero-order valence-corrected chi connectivity index (χ0v) is 9.52. The van der Waals surface area contributed by atoms with E-state index in [0.717, 1.165) is 0 Å². The molecule has 2 aromatic heterocycles. The molecule has 1 aliphatic heterocycles. The van der Waals surface area contributed by atoms with Crippen molar-refractivity contribution in [2.45, 2.75) is 24.9 Å². The Morgan fingerprint density at radius 1 is 1.61 bits per heavy atom. The van der Waals surface area contributed by atoms with Gasteiger partial charge in [0, 0.05) is 6.42 Å². The van der Waals surface area contributed by atoms with Gasteiger partial charge in [0.25, 0.3) is 12.0 Å². The molecule has 0 amide bonds. The van der Waals surface area contributed by atoms with Crippen LogP contribution in [0.5, 0.6) is 0 Å². The van der Waals surface area contributed by atoms with E-state index >= 15 is 0 Å². The van der Waals surface area contributed by atoms with Crippen molar-refractivity contribution >= 4 is 17.1 Å². The number of nitrogens with two attached hydrogens (primary N) is 1. The third kappa shape index (κ3) is 1.80. The van der Waals surface area contributed by atoms with E-state index in [1.54, 1.807) is 17.1 Å². The van der Waals surface area contributed by atoms with Crippen LogP contribution in [0.2, 0.25) is 0 Å². The smallest absolute Gasteiger partial charge is 0.296 e. The van der Waals surface area contributed by atoms with Gasteiger partial charge in [-0.15, -0.1) is 0 Å². The normalized spacial score (nSPS) is 28.0. The van der Waals surface area contributed by atoms with Crippen LogP contribution in [0.3, 0.4) is 0 Å². The van der Waals surface area contributed by atoms with Crippen molar-refractivity contribution in [3.63, 3.8) is 0 Å². The van der Waals surface area contributed by atoms with Gasteiger partial charge < -0.3 is 25.7 Å². The first-order valence-electron chi connectivity index (χ1n) is 5.63. The number of imidazole rings is 1. The third-order valence-electron chi connectivity index (χ3n) is 3.04. The highest BCUT2D eigenvalue weighted by molar-refractivity contribution is 5.70. The van der Waals surface area contributed by atoms with E-state index in [2.05, 4.69) is 15.0 Å². The van der Waals surface area contributed by atoms with Gasteiger partial charge in [0.1, 0.15) is 12.3 Å². The number of H-pyrrole nitrogens is 1. The SMILES string of the molecule is Nc1nc2nc[n+](C3C[C@H](O)[C@@H](CO)O3)cc2[nH]1. The van der Waals surface area contributed by atoms with Crippen molar-refractivity contribution in [3.05, 3.63) is 12.5 Å². The maximum absolute atomic E-state index is 9.68. The van der Waals surface area contributed by atoms with Crippen LogP contribution in [0, 0.1) is 0 Å². The fourth-order valence-electron chi connectivity index (χ4n) is 2.11. The molecule has 8 heteroatoms. The zero-order chi connectivity index (χ0) is 12.7. The summed E-state index contributed by atoms with van der Waals surface area (Å²) < 4.78 is 7.24. The van der Waals surface area contributed by atoms with Crippen molar-refractivity contribution in [1.82, 2.24) is 15.0 Å². The molecule has 5 N–H and O–H groups in total. The molecule has 1 aliphatic rings. The van der Waals surface area contributed by atoms with Gasteiger partial charge in [0.15, 0.2) is 5.52 Å². The molecular weight excluding hydrogens is 238 g/mol. The molecule has 96 valence electrons. The predicted molar refractivity (Wildman–Crippen MR) is 60.1 cm³/mol. The van der Waals surface area contributed by atoms with Crippen LogP contribution in [-0.2, 0) is 4.74 Å². The van der Waals surface area contributed by atoms with Gasteiger partial charge in [0.05, 0.1) is 12.7 Å². The lowest BCUT2D eigenvalue weighted by Gasteiger charge is -2.09. The molecule has 3 heterocycles. The Bertz CT molecular complexity index is 572. The Balaban J connectivity index is 1.90. The molecule has 1 unspecified atom stereocenters. The average molecular weight is 252 g/mol. The van der Waals surface area contributed by atoms with Crippen LogP contribution in [0.4, 0.5) is 5.95 Å². The highest BCUT2D eigenvalue weighted by atomic mass is 16.5. The minimum absolute atomic E-state index is 0.203. The minimum atomic E-state index is -0.671. The first kappa shape index (κ1) is 11.3. The molecule has 0 bridgehead atoms. The molecule has 0 saturated carbocycles. The monoisotopic (exact) mass is 252 g/mol. The van der Waals surface area contributed by atoms with Gasteiger partial charge in [-0.1, -0.05) is 0 Å². The van der Waals surface area contributed by atoms with E-state index < -0.39 is 12.2 Å². The molecule has 8 nitrogen and oxygen atoms in total. The Kier molecular flexibility index (Phi) is 2.62. The van der Waals surface area contributed by atoms with E-state index in [1.165, 1.54) is 0 Å². The lowest BCUT2D eigenvalue weighted by Crippen LogP contribution is -2.39. The van der Waals surface area contributed by atoms with Crippen LogP contribution in [0.15, 0.2) is 12.5 Å². The summed E-state index contributed by atoms with van der Waals surface area (Å²) in [6, 6.07) is 0. The predicted octanol–water partition coefficient (Wildman–Crippen LogP) is -1.53. The lowest BCUT2D eigenvalue weighted by atomic mass is 10.2. The Morgan fingerprint density at radius 3 is 3.17 bits per heavy atom. The molecule has 2 aromatic rings. The summed E-state index contributed by atoms with van der Waals surface area (Å²) >= 11 is 0. The van der Waals surface area contributed by atoms with Crippen LogP contribution in [-0.4, -0.2) is 44.0 Å². The van der Waals surface area contributed by atoms with E-state index in [0.29, 0.717) is 23.5 Å². The van der Waals surface area contributed by atoms with E-state index in [4.69, 9.17) is 15.6 Å². The Labute approximate surface area is 102 Å². The number of rotatable bonds is 2. The molecule has 0 radical (unpaired) electrons. The number of hydrogen-bond acceptors (Lipinski definition) is 6. The molecular formula is C10H14N5O3+. The van der Waals surface area contributed by atoms with Crippen molar-refractivity contribution in [1.29, 1.82) is 0 Å². The Hall–Kier alpha value is -1.77. The summed E-state index contributed by atoms with van der Waals surface area (Å²) in [5, 5.41) is 18.7. The number of nitrogen functional groups attached to an aromatic ring is 1. The highest BCUT2D eigenvalue weighted by Crippen LogP contribution is 2.24. The largest absolute Gasteiger partial charge is 0.394 e. The third-order valence-corrected chi connectivity index (χ3v) is 3.04. The molecule has 0 spiro atoms. The number of aromatic nitrogens is 4. The fourth-order valence-corrected chi connectivity index (χ4v) is 2.11. The number of fused-ring (bicyclic) bond motifs is 1. The summed E-state index contributed by atoms with van der Waals surface area (Å²) in [6.07, 6.45) is 2.17. The fraction of sp³-hybridized carbons (Fsp3) is 0.500. The summed E-state index contributed by atoms with van der Waals surface area (Å²) in [5.74, 6) is 0.302. The van der Waals surface area contributed by atoms with Gasteiger partial charge in [-0.2, -0.15) is 4.98 Å². The number of aromatic amines is 1. The first-order chi connectivity index (χ1) is 8.67. The maximum atomic E-state index is 9.68. The number of aliphatic hydroxyl groups excluding tert-OH is 2. The van der Waals surface area contributed by atoms with E-state index in [9.17, 15) is 5.11 Å². The second-order valence-corrected chi connectivity index (χ2v) is 4.30. The Morgan fingerprint density at radius 2 is 2.44 bits per heavy atom. The van der Waals surface area contributed by atoms with Crippen molar-refractivity contribution in [2.24, 2.45) is 0 Å². The van der Waals surface area contributed by atoms with Crippen molar-refractivity contribution in [3.8, 4) is 0 Å². The number of aliphatic hydroxyl groups is 2. The van der Waals surface area contributed by atoms with Gasteiger partial charge in [-0.25, -0.2) is 4.57 Å². The van der Waals surface area contributed by atoms with Gasteiger partial charge in [-0.3, -0.25) is 0 Å². The molecule has 3 rings (SSSR count). The topological polar surface area (TPSA) is 121 Å². The molecule has 1 saturated heterocycles. The highest BCUT2D eigenvalue weighted by Gasteiger charge is 2.37. The number of ether oxygens (including phenoxy) is 1. The summed E-state index contributed by atoms with van der Waals surface area (Å²) in [6.45, 7) is -0.203. The van der Waals surface area contributed by atoms with E-state index in [1.807, 2.05) is 0 Å². The van der Waals surface area contributed by atoms with Crippen LogP contribution < -0.4 is 10.3 Å². The summed E-state index contributed by atoms with van der Waals surface area (Å²) in [4.78, 5) is 11.0. The molecule has 0 aromatic carbocycles. The molecule has 1 fully saturated rings. The quantitative estimate of drug-likeness (QED) is 0.481. The summed E-state index contributed by atoms with van der Waals surface area (Å²) in [5.41, 5.74) is 6.76. The lowest BCUT2D eigenvalue weighted by molar-refractivity contribution is -0.760. The second-order valence-electron chi connectivity index (χ2n) is 4.30. The zero-order valence-electron chi connectivity index (χ0n) is 9.52. The van der Waals surface area contributed by atoms with Gasteiger partial charge in [-0.05, 0) is 4.98 Å². The number of nitrogens with zero attached hydrogens (tertiary/aromatic N) is 3. The first-order valence-corrected chi connectivity index (χ1v) is 5.63. The van der Waals surface area contributed by atoms with Crippen LogP contribution >= 0.6 is 0 Å². The minimum Gasteiger partial charge on any atom is -0.394 e. The summed E-state index contributed by atoms with van der Waals surface area (Å²) in [7, 11) is 0. The molecule has 3 atom stereocenters.